The topological polar surface area (TPSA) is 109 Å². The molecular weight excluding hydrogens is 378 g/mol. The van der Waals surface area contributed by atoms with E-state index in [2.05, 4.69) is 10.1 Å². The zero-order chi connectivity index (χ0) is 20.7. The standard InChI is InChI=1S/C18H18F2N2O6/c1-25-12-6-4-11(8-14(12)27-9-16(21)23)22-17(24)10-3-5-13(26-2)15(7-10)28-18(19)20/h3-8,18H,9H2,1-2H3,(H2,21,23)(H,22,24). The van der Waals surface area contributed by atoms with Crippen LogP contribution in [0, 0.1) is 0 Å². The summed E-state index contributed by atoms with van der Waals surface area (Å²) in [6.45, 7) is -3.45. The van der Waals surface area contributed by atoms with Crippen LogP contribution < -0.4 is 30.0 Å². The van der Waals surface area contributed by atoms with Gasteiger partial charge in [0.1, 0.15) is 0 Å². The zero-order valence-electron chi connectivity index (χ0n) is 15.0. The molecule has 10 heteroatoms. The molecule has 2 amide bonds. The van der Waals surface area contributed by atoms with Crippen LogP contribution in [0.2, 0.25) is 0 Å². The molecule has 0 spiro atoms. The molecule has 0 atom stereocenters. The molecule has 0 unspecified atom stereocenters. The Balaban J connectivity index is 2.22. The second kappa shape index (κ2) is 9.40. The number of alkyl halides is 2. The summed E-state index contributed by atoms with van der Waals surface area (Å²) in [5.74, 6) is -0.963. The molecule has 0 fully saturated rings. The molecule has 0 saturated heterocycles. The number of nitrogens with two attached hydrogens (primary N) is 1. The van der Waals surface area contributed by atoms with E-state index < -0.39 is 18.4 Å². The number of rotatable bonds is 9. The van der Waals surface area contributed by atoms with Crippen molar-refractivity contribution in [1.29, 1.82) is 0 Å². The number of ether oxygens (including phenoxy) is 4. The number of primary amides is 1. The maximum absolute atomic E-state index is 12.5. The van der Waals surface area contributed by atoms with Crippen molar-refractivity contribution >= 4 is 17.5 Å². The number of halogens is 2. The van der Waals surface area contributed by atoms with Gasteiger partial charge in [-0.05, 0) is 30.3 Å². The van der Waals surface area contributed by atoms with Gasteiger partial charge in [-0.3, -0.25) is 9.59 Å². The van der Waals surface area contributed by atoms with Crippen molar-refractivity contribution in [2.45, 2.75) is 6.61 Å². The minimum absolute atomic E-state index is 0.0587. The third-order valence-corrected chi connectivity index (χ3v) is 3.43. The van der Waals surface area contributed by atoms with Gasteiger partial charge in [-0.1, -0.05) is 0 Å². The van der Waals surface area contributed by atoms with Crippen LogP contribution in [-0.2, 0) is 4.79 Å². The molecule has 28 heavy (non-hydrogen) atoms. The van der Waals surface area contributed by atoms with E-state index in [0.717, 1.165) is 6.07 Å². The van der Waals surface area contributed by atoms with Gasteiger partial charge < -0.3 is 30.0 Å². The van der Waals surface area contributed by atoms with Crippen molar-refractivity contribution in [3.63, 3.8) is 0 Å². The zero-order valence-corrected chi connectivity index (χ0v) is 15.0. The lowest BCUT2D eigenvalue weighted by molar-refractivity contribution is -0.119. The molecule has 3 N–H and O–H groups in total. The summed E-state index contributed by atoms with van der Waals surface area (Å²) in [5.41, 5.74) is 5.43. The maximum Gasteiger partial charge on any atom is 0.387 e. The van der Waals surface area contributed by atoms with E-state index in [9.17, 15) is 18.4 Å². The van der Waals surface area contributed by atoms with Crippen LogP contribution in [0.25, 0.3) is 0 Å². The number of methoxy groups -OCH3 is 2. The van der Waals surface area contributed by atoms with Gasteiger partial charge in [-0.25, -0.2) is 0 Å². The van der Waals surface area contributed by atoms with Gasteiger partial charge in [-0.2, -0.15) is 8.78 Å². The van der Waals surface area contributed by atoms with E-state index in [1.807, 2.05) is 0 Å². The van der Waals surface area contributed by atoms with Gasteiger partial charge in [0, 0.05) is 17.3 Å². The Kier molecular flexibility index (Phi) is 6.96. The van der Waals surface area contributed by atoms with Crippen LogP contribution in [0.3, 0.4) is 0 Å². The fraction of sp³-hybridized carbons (Fsp3) is 0.222. The first-order chi connectivity index (χ1) is 13.3. The van der Waals surface area contributed by atoms with Crippen LogP contribution in [0.4, 0.5) is 14.5 Å². The molecule has 150 valence electrons. The molecule has 2 aromatic rings. The van der Waals surface area contributed by atoms with E-state index in [-0.39, 0.29) is 29.4 Å². The van der Waals surface area contributed by atoms with E-state index in [4.69, 9.17) is 19.9 Å². The summed E-state index contributed by atoms with van der Waals surface area (Å²) < 4.78 is 44.7. The van der Waals surface area contributed by atoms with Crippen molar-refractivity contribution in [2.24, 2.45) is 5.73 Å². The second-order valence-corrected chi connectivity index (χ2v) is 5.32. The first-order valence-electron chi connectivity index (χ1n) is 7.87. The molecular formula is C18H18F2N2O6. The lowest BCUT2D eigenvalue weighted by Gasteiger charge is -2.13. The summed E-state index contributed by atoms with van der Waals surface area (Å²) >= 11 is 0. The Morgan fingerprint density at radius 1 is 1.00 bits per heavy atom. The average molecular weight is 396 g/mol. The minimum atomic E-state index is -3.07. The highest BCUT2D eigenvalue weighted by molar-refractivity contribution is 6.04. The lowest BCUT2D eigenvalue weighted by atomic mass is 10.1. The van der Waals surface area contributed by atoms with E-state index in [1.165, 1.54) is 44.6 Å². The molecule has 0 aromatic heterocycles. The first-order valence-corrected chi connectivity index (χ1v) is 7.87. The van der Waals surface area contributed by atoms with Crippen LogP contribution in [0.5, 0.6) is 23.0 Å². The average Bonchev–Trinajstić information content (AvgIpc) is 2.65. The highest BCUT2D eigenvalue weighted by Gasteiger charge is 2.16. The molecule has 2 aromatic carbocycles. The summed E-state index contributed by atoms with van der Waals surface area (Å²) in [7, 11) is 2.70. The smallest absolute Gasteiger partial charge is 0.387 e. The third kappa shape index (κ3) is 5.47. The van der Waals surface area contributed by atoms with E-state index >= 15 is 0 Å². The maximum atomic E-state index is 12.5. The fourth-order valence-corrected chi connectivity index (χ4v) is 2.23. The normalized spacial score (nSPS) is 10.3. The van der Waals surface area contributed by atoms with Gasteiger partial charge in [-0.15, -0.1) is 0 Å². The van der Waals surface area contributed by atoms with Crippen molar-refractivity contribution in [2.75, 3.05) is 26.1 Å². The lowest BCUT2D eigenvalue weighted by Crippen LogP contribution is -2.20. The highest BCUT2D eigenvalue weighted by atomic mass is 19.3. The largest absolute Gasteiger partial charge is 0.493 e. The number of hydrogen-bond donors (Lipinski definition) is 2. The van der Waals surface area contributed by atoms with Crippen molar-refractivity contribution < 1.29 is 37.3 Å². The Morgan fingerprint density at radius 2 is 1.64 bits per heavy atom. The predicted molar refractivity (Wildman–Crippen MR) is 95.3 cm³/mol. The van der Waals surface area contributed by atoms with Gasteiger partial charge >= 0.3 is 6.61 Å². The molecule has 8 nitrogen and oxygen atoms in total. The molecule has 0 radical (unpaired) electrons. The Hall–Kier alpha value is -3.56. The molecule has 0 heterocycles. The predicted octanol–water partition coefficient (Wildman–Crippen LogP) is 2.42. The quantitative estimate of drug-likeness (QED) is 0.674. The van der Waals surface area contributed by atoms with Crippen LogP contribution >= 0.6 is 0 Å². The molecule has 0 aliphatic heterocycles. The van der Waals surface area contributed by atoms with Crippen LogP contribution in [0.1, 0.15) is 10.4 Å². The van der Waals surface area contributed by atoms with Crippen LogP contribution in [0.15, 0.2) is 36.4 Å². The number of carbonyl (C=O) groups excluding carboxylic acids is 2. The number of hydrogen-bond acceptors (Lipinski definition) is 6. The SMILES string of the molecule is COc1ccc(NC(=O)c2ccc(OC)c(OC(F)F)c2)cc1OCC(N)=O. The van der Waals surface area contributed by atoms with Gasteiger partial charge in [0.05, 0.1) is 14.2 Å². The number of carbonyl (C=O) groups is 2. The number of anilines is 1. The molecule has 0 bridgehead atoms. The highest BCUT2D eigenvalue weighted by Crippen LogP contribution is 2.32. The second-order valence-electron chi connectivity index (χ2n) is 5.32. The summed E-state index contributed by atoms with van der Waals surface area (Å²) in [4.78, 5) is 23.3. The van der Waals surface area contributed by atoms with Crippen molar-refractivity contribution in [3.05, 3.63) is 42.0 Å². The van der Waals surface area contributed by atoms with Gasteiger partial charge in [0.15, 0.2) is 29.6 Å². The third-order valence-electron chi connectivity index (χ3n) is 3.43. The van der Waals surface area contributed by atoms with Crippen LogP contribution in [-0.4, -0.2) is 39.3 Å². The van der Waals surface area contributed by atoms with Gasteiger partial charge in [0.25, 0.3) is 11.8 Å². The Bertz CT molecular complexity index is 860. The first kappa shape index (κ1) is 20.7. The minimum Gasteiger partial charge on any atom is -0.493 e. The monoisotopic (exact) mass is 396 g/mol. The van der Waals surface area contributed by atoms with E-state index in [0.29, 0.717) is 11.4 Å². The van der Waals surface area contributed by atoms with Crippen molar-refractivity contribution in [1.82, 2.24) is 0 Å². The number of nitrogens with one attached hydrogen (secondary N) is 1. The molecule has 0 saturated carbocycles. The Labute approximate surface area is 159 Å². The molecule has 2 rings (SSSR count). The molecule has 0 aliphatic rings. The van der Waals surface area contributed by atoms with E-state index in [1.54, 1.807) is 0 Å². The molecule has 0 aliphatic carbocycles. The van der Waals surface area contributed by atoms with Gasteiger partial charge in [0.2, 0.25) is 0 Å². The summed E-state index contributed by atoms with van der Waals surface area (Å²) in [5, 5.41) is 2.58. The summed E-state index contributed by atoms with van der Waals surface area (Å²) in [6.07, 6.45) is 0. The number of amides is 2. The Morgan fingerprint density at radius 3 is 2.25 bits per heavy atom. The number of benzene rings is 2. The van der Waals surface area contributed by atoms with Crippen molar-refractivity contribution in [3.8, 4) is 23.0 Å². The fourth-order valence-electron chi connectivity index (χ4n) is 2.23. The summed E-state index contributed by atoms with van der Waals surface area (Å²) in [6, 6.07) is 8.34.